The number of rotatable bonds is 8. The molecule has 7 nitrogen and oxygen atoms in total. The van der Waals surface area contributed by atoms with Gasteiger partial charge in [0.2, 0.25) is 5.79 Å². The minimum atomic E-state index is -1.11. The van der Waals surface area contributed by atoms with Gasteiger partial charge in [0.15, 0.2) is 0 Å². The van der Waals surface area contributed by atoms with Crippen LogP contribution in [0.5, 0.6) is 5.75 Å². The fraction of sp³-hybridized carbons (Fsp3) is 0.312. The summed E-state index contributed by atoms with van der Waals surface area (Å²) in [6.45, 7) is 0.941. The first-order valence-electron chi connectivity index (χ1n) is 13.4. The number of halogens is 1. The maximum Gasteiger partial charge on any atom is 0.338 e. The van der Waals surface area contributed by atoms with Crippen LogP contribution in [-0.2, 0) is 23.7 Å². The monoisotopic (exact) mass is 560 g/mol. The van der Waals surface area contributed by atoms with E-state index in [0.717, 1.165) is 11.1 Å². The molecular weight excluding hydrogens is 532 g/mol. The molecular formula is C32H29ClO7. The molecule has 3 aliphatic rings. The molecule has 8 heteroatoms. The van der Waals surface area contributed by atoms with Gasteiger partial charge >= 0.3 is 11.9 Å². The summed E-state index contributed by atoms with van der Waals surface area (Å²) >= 11 is 6.09. The zero-order valence-corrected chi connectivity index (χ0v) is 22.5. The second-order valence-electron chi connectivity index (χ2n) is 10.2. The molecule has 2 heterocycles. The van der Waals surface area contributed by atoms with Crippen molar-refractivity contribution in [2.45, 2.75) is 30.8 Å². The molecule has 0 bridgehead atoms. The second kappa shape index (κ2) is 11.5. The minimum Gasteiger partial charge on any atom is -0.488 e. The summed E-state index contributed by atoms with van der Waals surface area (Å²) in [5, 5.41) is 0.567. The van der Waals surface area contributed by atoms with Crippen molar-refractivity contribution in [1.82, 2.24) is 0 Å². The van der Waals surface area contributed by atoms with Crippen LogP contribution in [0.3, 0.4) is 0 Å². The van der Waals surface area contributed by atoms with Gasteiger partial charge in [-0.3, -0.25) is 4.79 Å². The molecule has 1 aliphatic carbocycles. The second-order valence-corrected chi connectivity index (χ2v) is 10.6. The summed E-state index contributed by atoms with van der Waals surface area (Å²) < 4.78 is 29.4. The first kappa shape index (κ1) is 26.6. The summed E-state index contributed by atoms with van der Waals surface area (Å²) in [6.07, 6.45) is 3.68. The van der Waals surface area contributed by atoms with E-state index in [0.29, 0.717) is 36.0 Å². The van der Waals surface area contributed by atoms with Crippen molar-refractivity contribution < 1.29 is 33.3 Å². The van der Waals surface area contributed by atoms with Crippen molar-refractivity contribution in [3.8, 4) is 16.9 Å². The predicted molar refractivity (Wildman–Crippen MR) is 148 cm³/mol. The van der Waals surface area contributed by atoms with Crippen molar-refractivity contribution in [3.63, 3.8) is 0 Å². The molecule has 3 aromatic carbocycles. The van der Waals surface area contributed by atoms with E-state index in [9.17, 15) is 9.59 Å². The topological polar surface area (TPSA) is 80.3 Å². The van der Waals surface area contributed by atoms with Gasteiger partial charge in [0.25, 0.3) is 0 Å². The Balaban J connectivity index is 1.17. The number of carbonyl (C=O) groups excluding carboxylic acids is 2. The van der Waals surface area contributed by atoms with E-state index in [-0.39, 0.29) is 36.9 Å². The Hall–Kier alpha value is -3.65. The molecule has 6 rings (SSSR count). The standard InChI is InChI=1S/C32H29ClO7/c33-24-7-4-8-25(17-24)36-20-32(37-15-16-38-32)14-13-26-27-18-30(34)39-29(27)19-28(26)40-31(35)23-11-9-22(10-12-23)21-5-2-1-3-6-21/h1-14,17,26-29H,15-16,18-20H2/b14-13+/t26-,27+,28+,29+/m0/s1. The van der Waals surface area contributed by atoms with Crippen LogP contribution in [0, 0.1) is 11.8 Å². The van der Waals surface area contributed by atoms with Crippen LogP contribution in [0.15, 0.2) is 91.0 Å². The number of ether oxygens (including phenoxy) is 5. The smallest absolute Gasteiger partial charge is 0.338 e. The Morgan fingerprint density at radius 1 is 0.975 bits per heavy atom. The van der Waals surface area contributed by atoms with E-state index in [4.69, 9.17) is 35.3 Å². The Bertz CT molecular complexity index is 1380. The van der Waals surface area contributed by atoms with E-state index < -0.39 is 17.9 Å². The van der Waals surface area contributed by atoms with Gasteiger partial charge in [-0.25, -0.2) is 4.79 Å². The maximum absolute atomic E-state index is 13.2. The maximum atomic E-state index is 13.2. The van der Waals surface area contributed by atoms with Crippen molar-refractivity contribution in [3.05, 3.63) is 102 Å². The molecule has 2 saturated heterocycles. The summed E-state index contributed by atoms with van der Waals surface area (Å²) in [7, 11) is 0. The Kier molecular flexibility index (Phi) is 7.61. The Morgan fingerprint density at radius 2 is 1.73 bits per heavy atom. The van der Waals surface area contributed by atoms with Crippen molar-refractivity contribution in [2.24, 2.45) is 11.8 Å². The molecule has 0 spiro atoms. The van der Waals surface area contributed by atoms with Crippen LogP contribution in [0.2, 0.25) is 5.02 Å². The third-order valence-corrected chi connectivity index (χ3v) is 7.86. The van der Waals surface area contributed by atoms with Crippen LogP contribution in [-0.4, -0.2) is 49.8 Å². The van der Waals surface area contributed by atoms with Gasteiger partial charge in [0.1, 0.15) is 24.6 Å². The highest BCUT2D eigenvalue weighted by atomic mass is 35.5. The minimum absolute atomic E-state index is 0.102. The normalized spacial score (nSPS) is 25.1. The number of benzene rings is 3. The SMILES string of the molecule is O=C1C[C@@H]2[C@H](/C=C/C3(COc4cccc(Cl)c4)OCCO3)[C@H](OC(=O)c3ccc(-c4ccccc4)cc3)C[C@H]2O1. The molecule has 4 atom stereocenters. The molecule has 0 radical (unpaired) electrons. The molecule has 40 heavy (non-hydrogen) atoms. The van der Waals surface area contributed by atoms with Crippen LogP contribution in [0.1, 0.15) is 23.2 Å². The zero-order chi connectivity index (χ0) is 27.5. The largest absolute Gasteiger partial charge is 0.488 e. The molecule has 0 unspecified atom stereocenters. The van der Waals surface area contributed by atoms with E-state index in [1.807, 2.05) is 60.7 Å². The highest BCUT2D eigenvalue weighted by molar-refractivity contribution is 6.30. The average Bonchev–Trinajstić information content (AvgIpc) is 3.66. The van der Waals surface area contributed by atoms with Crippen LogP contribution < -0.4 is 4.74 Å². The number of hydrogen-bond donors (Lipinski definition) is 0. The van der Waals surface area contributed by atoms with E-state index in [1.54, 1.807) is 30.3 Å². The molecule has 3 aromatic rings. The summed E-state index contributed by atoms with van der Waals surface area (Å²) in [4.78, 5) is 25.2. The Morgan fingerprint density at radius 3 is 2.48 bits per heavy atom. The lowest BCUT2D eigenvalue weighted by atomic mass is 9.91. The highest BCUT2D eigenvalue weighted by Gasteiger charge is 2.51. The van der Waals surface area contributed by atoms with Gasteiger partial charge in [0.05, 0.1) is 25.2 Å². The third kappa shape index (κ3) is 5.77. The van der Waals surface area contributed by atoms with Gasteiger partial charge in [-0.15, -0.1) is 0 Å². The lowest BCUT2D eigenvalue weighted by molar-refractivity contribution is -0.141. The van der Waals surface area contributed by atoms with Crippen molar-refractivity contribution in [2.75, 3.05) is 19.8 Å². The van der Waals surface area contributed by atoms with E-state index in [1.165, 1.54) is 0 Å². The molecule has 3 fully saturated rings. The summed E-state index contributed by atoms with van der Waals surface area (Å²) in [6, 6.07) is 24.4. The summed E-state index contributed by atoms with van der Waals surface area (Å²) in [5.41, 5.74) is 2.55. The molecule has 0 aromatic heterocycles. The molecule has 0 N–H and O–H groups in total. The van der Waals surface area contributed by atoms with Gasteiger partial charge in [-0.05, 0) is 47.5 Å². The number of carbonyl (C=O) groups is 2. The van der Waals surface area contributed by atoms with Crippen LogP contribution in [0.25, 0.3) is 11.1 Å². The summed E-state index contributed by atoms with van der Waals surface area (Å²) in [5.74, 6) is -1.51. The number of fused-ring (bicyclic) bond motifs is 1. The molecule has 2 aliphatic heterocycles. The van der Waals surface area contributed by atoms with Gasteiger partial charge in [0, 0.05) is 23.3 Å². The van der Waals surface area contributed by atoms with E-state index in [2.05, 4.69) is 0 Å². The fourth-order valence-corrected chi connectivity index (χ4v) is 5.80. The Labute approximate surface area is 237 Å². The van der Waals surface area contributed by atoms with E-state index >= 15 is 0 Å². The van der Waals surface area contributed by atoms with Crippen molar-refractivity contribution in [1.29, 1.82) is 0 Å². The first-order chi connectivity index (χ1) is 19.5. The van der Waals surface area contributed by atoms with Gasteiger partial charge in [-0.1, -0.05) is 66.2 Å². The first-order valence-corrected chi connectivity index (χ1v) is 13.8. The lowest BCUT2D eigenvalue weighted by Crippen LogP contribution is -2.36. The number of hydrogen-bond acceptors (Lipinski definition) is 7. The third-order valence-electron chi connectivity index (χ3n) is 7.62. The fourth-order valence-electron chi connectivity index (χ4n) is 5.62. The zero-order valence-electron chi connectivity index (χ0n) is 21.7. The molecule has 1 saturated carbocycles. The van der Waals surface area contributed by atoms with Gasteiger partial charge < -0.3 is 23.7 Å². The van der Waals surface area contributed by atoms with Crippen LogP contribution >= 0.6 is 11.6 Å². The quantitative estimate of drug-likeness (QED) is 0.252. The highest BCUT2D eigenvalue weighted by Crippen LogP contribution is 2.44. The lowest BCUT2D eigenvalue weighted by Gasteiger charge is -2.26. The number of esters is 2. The van der Waals surface area contributed by atoms with Crippen molar-refractivity contribution >= 4 is 23.5 Å². The molecule has 206 valence electrons. The van der Waals surface area contributed by atoms with Gasteiger partial charge in [-0.2, -0.15) is 0 Å². The molecule has 0 amide bonds. The van der Waals surface area contributed by atoms with Crippen LogP contribution in [0.4, 0.5) is 0 Å². The predicted octanol–water partition coefficient (Wildman–Crippen LogP) is 5.86. The average molecular weight is 561 g/mol.